The predicted molar refractivity (Wildman–Crippen MR) is 135 cm³/mol. The van der Waals surface area contributed by atoms with Crippen LogP contribution in [0.3, 0.4) is 0 Å². The lowest BCUT2D eigenvalue weighted by Crippen LogP contribution is -2.47. The van der Waals surface area contributed by atoms with E-state index in [0.29, 0.717) is 5.95 Å². The summed E-state index contributed by atoms with van der Waals surface area (Å²) in [5, 5.41) is 3.42. The van der Waals surface area contributed by atoms with Crippen molar-refractivity contribution in [3.63, 3.8) is 0 Å². The van der Waals surface area contributed by atoms with Crippen molar-refractivity contribution in [2.75, 3.05) is 47.8 Å². The van der Waals surface area contributed by atoms with Crippen molar-refractivity contribution >= 4 is 28.6 Å². The Labute approximate surface area is 199 Å². The topological polar surface area (TPSA) is 62.1 Å². The van der Waals surface area contributed by atoms with Crippen LogP contribution < -0.4 is 15.1 Å². The molecule has 0 saturated carbocycles. The molecule has 1 aliphatic heterocycles. The van der Waals surface area contributed by atoms with Gasteiger partial charge in [-0.2, -0.15) is 9.97 Å². The van der Waals surface area contributed by atoms with Crippen LogP contribution in [0.4, 0.5) is 21.8 Å². The summed E-state index contributed by atoms with van der Waals surface area (Å²) < 4.78 is 15.4. The zero-order chi connectivity index (χ0) is 23.5. The molecule has 0 atom stereocenters. The summed E-state index contributed by atoms with van der Waals surface area (Å²) in [5.41, 5.74) is 4.00. The molecule has 0 radical (unpaired) electrons. The Morgan fingerprint density at radius 2 is 1.62 bits per heavy atom. The second-order valence-electron chi connectivity index (χ2n) is 8.90. The minimum Gasteiger partial charge on any atom is -0.368 e. The third-order valence-corrected chi connectivity index (χ3v) is 6.27. The van der Waals surface area contributed by atoms with Crippen LogP contribution in [0, 0.1) is 5.82 Å². The lowest BCUT2D eigenvalue weighted by Gasteiger charge is -2.36. The van der Waals surface area contributed by atoms with Crippen LogP contribution in [-0.2, 0) is 6.42 Å². The molecule has 2 aromatic heterocycles. The molecule has 0 spiro atoms. The zero-order valence-corrected chi connectivity index (χ0v) is 19.7. The number of hydrogen-bond donors (Lipinski definition) is 1. The van der Waals surface area contributed by atoms with E-state index in [9.17, 15) is 4.39 Å². The van der Waals surface area contributed by atoms with Crippen LogP contribution in [0.1, 0.15) is 25.5 Å². The standard InChI is InChI=1S/C26H30FN7/c1-19(2)34-18-29-23-24(33-16-14-32(15-17-33)22-10-8-21(27)9-11-22)30-26(31-25(23)34)28-13-12-20-6-4-3-5-7-20/h3-11,18-19H,12-17H2,1-2H3,(H,28,30,31). The Balaban J connectivity index is 1.36. The number of halogens is 1. The molecule has 0 aliphatic carbocycles. The smallest absolute Gasteiger partial charge is 0.226 e. The number of anilines is 3. The maximum atomic E-state index is 13.3. The second kappa shape index (κ2) is 9.67. The molecule has 0 amide bonds. The molecule has 8 heteroatoms. The Morgan fingerprint density at radius 3 is 2.32 bits per heavy atom. The molecule has 3 heterocycles. The minimum absolute atomic E-state index is 0.209. The molecule has 1 N–H and O–H groups in total. The molecule has 176 valence electrons. The summed E-state index contributed by atoms with van der Waals surface area (Å²) >= 11 is 0. The number of nitrogens with zero attached hydrogens (tertiary/aromatic N) is 6. The van der Waals surface area contributed by atoms with Crippen molar-refractivity contribution in [1.82, 2.24) is 19.5 Å². The van der Waals surface area contributed by atoms with Gasteiger partial charge in [0.25, 0.3) is 0 Å². The van der Waals surface area contributed by atoms with E-state index in [0.717, 1.165) is 61.8 Å². The number of benzene rings is 2. The van der Waals surface area contributed by atoms with E-state index >= 15 is 0 Å². The van der Waals surface area contributed by atoms with Crippen LogP contribution in [0.2, 0.25) is 0 Å². The first-order valence-corrected chi connectivity index (χ1v) is 11.9. The van der Waals surface area contributed by atoms with Gasteiger partial charge in [0.05, 0.1) is 6.33 Å². The number of nitrogens with one attached hydrogen (secondary N) is 1. The normalized spacial score (nSPS) is 14.2. The van der Waals surface area contributed by atoms with Gasteiger partial charge in [0.1, 0.15) is 5.82 Å². The van der Waals surface area contributed by atoms with Gasteiger partial charge >= 0.3 is 0 Å². The summed E-state index contributed by atoms with van der Waals surface area (Å²) in [7, 11) is 0. The van der Waals surface area contributed by atoms with Crippen LogP contribution >= 0.6 is 0 Å². The summed E-state index contributed by atoms with van der Waals surface area (Å²) in [5.74, 6) is 1.28. The van der Waals surface area contributed by atoms with Gasteiger partial charge in [0, 0.05) is 44.5 Å². The minimum atomic E-state index is -0.209. The van der Waals surface area contributed by atoms with E-state index < -0.39 is 0 Å². The molecule has 34 heavy (non-hydrogen) atoms. The Morgan fingerprint density at radius 1 is 0.912 bits per heavy atom. The number of fused-ring (bicyclic) bond motifs is 1. The van der Waals surface area contributed by atoms with Gasteiger partial charge < -0.3 is 19.7 Å². The molecular weight excluding hydrogens is 429 g/mol. The fourth-order valence-corrected chi connectivity index (χ4v) is 4.37. The summed E-state index contributed by atoms with van der Waals surface area (Å²) in [4.78, 5) is 19.0. The highest BCUT2D eigenvalue weighted by atomic mass is 19.1. The number of imidazole rings is 1. The second-order valence-corrected chi connectivity index (χ2v) is 8.90. The highest BCUT2D eigenvalue weighted by molar-refractivity contribution is 5.85. The van der Waals surface area contributed by atoms with Crippen LogP contribution in [0.25, 0.3) is 11.2 Å². The van der Waals surface area contributed by atoms with E-state index in [1.54, 1.807) is 0 Å². The van der Waals surface area contributed by atoms with E-state index in [4.69, 9.17) is 9.97 Å². The summed E-state index contributed by atoms with van der Waals surface area (Å²) in [6.07, 6.45) is 2.76. The average Bonchev–Trinajstić information content (AvgIpc) is 3.29. The van der Waals surface area contributed by atoms with Crippen LogP contribution in [0.15, 0.2) is 60.9 Å². The summed E-state index contributed by atoms with van der Waals surface area (Å²) in [6.45, 7) is 8.30. The molecular formula is C26H30FN7. The maximum Gasteiger partial charge on any atom is 0.226 e. The Kier molecular flexibility index (Phi) is 6.29. The Bertz CT molecular complexity index is 1230. The third kappa shape index (κ3) is 4.66. The Hall–Kier alpha value is -3.68. The van der Waals surface area contributed by atoms with E-state index in [1.165, 1.54) is 17.7 Å². The van der Waals surface area contributed by atoms with Crippen molar-refractivity contribution in [1.29, 1.82) is 0 Å². The molecule has 7 nitrogen and oxygen atoms in total. The monoisotopic (exact) mass is 459 g/mol. The highest BCUT2D eigenvalue weighted by Crippen LogP contribution is 2.28. The first kappa shape index (κ1) is 22.1. The maximum absolute atomic E-state index is 13.3. The van der Waals surface area contributed by atoms with Gasteiger partial charge in [-0.3, -0.25) is 0 Å². The molecule has 4 aromatic rings. The molecule has 0 unspecified atom stereocenters. The number of piperazine rings is 1. The van der Waals surface area contributed by atoms with Gasteiger partial charge in [-0.05, 0) is 50.1 Å². The van der Waals surface area contributed by atoms with Gasteiger partial charge in [-0.1, -0.05) is 30.3 Å². The van der Waals surface area contributed by atoms with Crippen molar-refractivity contribution in [2.24, 2.45) is 0 Å². The van der Waals surface area contributed by atoms with Gasteiger partial charge in [-0.25, -0.2) is 9.37 Å². The number of rotatable bonds is 7. The molecule has 5 rings (SSSR count). The quantitative estimate of drug-likeness (QED) is 0.438. The first-order valence-electron chi connectivity index (χ1n) is 11.9. The number of hydrogen-bond acceptors (Lipinski definition) is 6. The SMILES string of the molecule is CC(C)n1cnc2c(N3CCN(c4ccc(F)cc4)CC3)nc(NCCc3ccccc3)nc21. The van der Waals surface area contributed by atoms with E-state index in [-0.39, 0.29) is 11.9 Å². The van der Waals surface area contributed by atoms with Crippen molar-refractivity contribution in [2.45, 2.75) is 26.3 Å². The number of aromatic nitrogens is 4. The molecule has 0 bridgehead atoms. The average molecular weight is 460 g/mol. The molecule has 2 aromatic carbocycles. The van der Waals surface area contributed by atoms with Gasteiger partial charge in [-0.15, -0.1) is 0 Å². The zero-order valence-electron chi connectivity index (χ0n) is 19.7. The van der Waals surface area contributed by atoms with E-state index in [1.807, 2.05) is 24.5 Å². The molecule has 1 fully saturated rings. The highest BCUT2D eigenvalue weighted by Gasteiger charge is 2.23. The van der Waals surface area contributed by atoms with E-state index in [2.05, 4.69) is 62.8 Å². The van der Waals surface area contributed by atoms with Crippen molar-refractivity contribution < 1.29 is 4.39 Å². The fraction of sp³-hybridized carbons (Fsp3) is 0.346. The van der Waals surface area contributed by atoms with Crippen molar-refractivity contribution in [3.8, 4) is 0 Å². The molecule has 1 aliphatic rings. The van der Waals surface area contributed by atoms with Gasteiger partial charge in [0.2, 0.25) is 5.95 Å². The lowest BCUT2D eigenvalue weighted by molar-refractivity contribution is 0.612. The van der Waals surface area contributed by atoms with Gasteiger partial charge in [0.15, 0.2) is 17.0 Å². The third-order valence-electron chi connectivity index (χ3n) is 6.27. The van der Waals surface area contributed by atoms with Crippen LogP contribution in [0.5, 0.6) is 0 Å². The van der Waals surface area contributed by atoms with Crippen molar-refractivity contribution in [3.05, 3.63) is 72.3 Å². The van der Waals surface area contributed by atoms with Crippen LogP contribution in [-0.4, -0.2) is 52.2 Å². The fourth-order valence-electron chi connectivity index (χ4n) is 4.37. The largest absolute Gasteiger partial charge is 0.368 e. The lowest BCUT2D eigenvalue weighted by atomic mass is 10.1. The first-order chi connectivity index (χ1) is 16.6. The predicted octanol–water partition coefficient (Wildman–Crippen LogP) is 4.53. The summed E-state index contributed by atoms with van der Waals surface area (Å²) in [6, 6.07) is 17.4. The molecule has 1 saturated heterocycles.